The van der Waals surface area contributed by atoms with E-state index in [0.29, 0.717) is 43.2 Å². The van der Waals surface area contributed by atoms with Gasteiger partial charge in [-0.1, -0.05) is 12.5 Å². The Morgan fingerprint density at radius 3 is 2.75 bits per heavy atom. The standard InChI is InChI=1S/C22H28N4O4S2/c1-16-6-2-3-12-26(16)32(29,30)19-9-4-7-17(14-19)21(28)25-11-5-8-18(15-25)20(27)24-22-23-10-13-31-22/h4,7,9-10,13-14,16,18H,2-3,5-6,8,11-12,15H2,1H3,(H,23,24,27). The van der Waals surface area contributed by atoms with Gasteiger partial charge in [0.15, 0.2) is 5.13 Å². The molecule has 8 nitrogen and oxygen atoms in total. The number of sulfonamides is 1. The van der Waals surface area contributed by atoms with E-state index in [1.807, 2.05) is 6.92 Å². The van der Waals surface area contributed by atoms with E-state index < -0.39 is 10.0 Å². The van der Waals surface area contributed by atoms with Gasteiger partial charge in [0.05, 0.1) is 10.8 Å². The number of benzene rings is 1. The Labute approximate surface area is 192 Å². The first kappa shape index (κ1) is 22.9. The number of likely N-dealkylation sites (tertiary alicyclic amines) is 1. The number of anilines is 1. The van der Waals surface area contributed by atoms with Crippen molar-refractivity contribution in [3.05, 3.63) is 41.4 Å². The second-order valence-corrected chi connectivity index (χ2v) is 11.2. The fourth-order valence-electron chi connectivity index (χ4n) is 4.40. The van der Waals surface area contributed by atoms with Crippen LogP contribution < -0.4 is 5.32 Å². The van der Waals surface area contributed by atoms with Crippen molar-refractivity contribution < 1.29 is 18.0 Å². The fraction of sp³-hybridized carbons (Fsp3) is 0.500. The van der Waals surface area contributed by atoms with Crippen molar-refractivity contribution in [1.29, 1.82) is 0 Å². The smallest absolute Gasteiger partial charge is 0.253 e. The topological polar surface area (TPSA) is 99.7 Å². The van der Waals surface area contributed by atoms with Crippen LogP contribution in [-0.4, -0.2) is 60.1 Å². The number of aromatic nitrogens is 1. The molecule has 2 fully saturated rings. The number of rotatable bonds is 5. The van der Waals surface area contributed by atoms with Crippen molar-refractivity contribution in [3.8, 4) is 0 Å². The van der Waals surface area contributed by atoms with Gasteiger partial charge in [0.1, 0.15) is 0 Å². The average molecular weight is 477 g/mol. The Bertz CT molecular complexity index is 1070. The summed E-state index contributed by atoms with van der Waals surface area (Å²) in [5.74, 6) is -0.717. The van der Waals surface area contributed by atoms with Gasteiger partial charge < -0.3 is 10.2 Å². The Balaban J connectivity index is 1.48. The summed E-state index contributed by atoms with van der Waals surface area (Å²) in [5, 5.41) is 5.14. The summed E-state index contributed by atoms with van der Waals surface area (Å²) in [6.45, 7) is 3.27. The summed E-state index contributed by atoms with van der Waals surface area (Å²) in [7, 11) is -3.66. The molecule has 2 aromatic rings. The Morgan fingerprint density at radius 1 is 1.16 bits per heavy atom. The van der Waals surface area contributed by atoms with Crippen molar-refractivity contribution in [2.75, 3.05) is 25.0 Å². The molecule has 1 N–H and O–H groups in total. The number of carbonyl (C=O) groups is 2. The number of carbonyl (C=O) groups excluding carboxylic acids is 2. The van der Waals surface area contributed by atoms with Crippen LogP contribution in [0.4, 0.5) is 5.13 Å². The zero-order valence-electron chi connectivity index (χ0n) is 18.1. The molecular weight excluding hydrogens is 448 g/mol. The molecule has 32 heavy (non-hydrogen) atoms. The Hall–Kier alpha value is -2.30. The first-order valence-corrected chi connectivity index (χ1v) is 13.3. The van der Waals surface area contributed by atoms with Gasteiger partial charge >= 0.3 is 0 Å². The lowest BCUT2D eigenvalue weighted by Crippen LogP contribution is -2.44. The van der Waals surface area contributed by atoms with Crippen LogP contribution in [-0.2, 0) is 14.8 Å². The van der Waals surface area contributed by atoms with E-state index in [1.54, 1.807) is 39.0 Å². The minimum atomic E-state index is -3.66. The van der Waals surface area contributed by atoms with Crippen molar-refractivity contribution in [2.45, 2.75) is 50.0 Å². The molecule has 4 rings (SSSR count). The minimum absolute atomic E-state index is 0.0488. The second kappa shape index (κ2) is 9.68. The van der Waals surface area contributed by atoms with Crippen molar-refractivity contribution in [3.63, 3.8) is 0 Å². The van der Waals surface area contributed by atoms with E-state index in [9.17, 15) is 18.0 Å². The highest BCUT2D eigenvalue weighted by Gasteiger charge is 2.33. The molecule has 0 radical (unpaired) electrons. The van der Waals surface area contributed by atoms with Crippen molar-refractivity contribution in [2.24, 2.45) is 5.92 Å². The van der Waals surface area contributed by atoms with Crippen LogP contribution in [0.3, 0.4) is 0 Å². The molecule has 2 aliphatic rings. The van der Waals surface area contributed by atoms with E-state index in [1.165, 1.54) is 17.4 Å². The molecular formula is C22H28N4O4S2. The molecule has 2 unspecified atom stereocenters. The van der Waals surface area contributed by atoms with Gasteiger partial charge in [-0.05, 0) is 50.8 Å². The summed E-state index contributed by atoms with van der Waals surface area (Å²) >= 11 is 1.35. The lowest BCUT2D eigenvalue weighted by Gasteiger charge is -2.33. The third-order valence-corrected chi connectivity index (χ3v) is 8.87. The first-order chi connectivity index (χ1) is 15.4. The third kappa shape index (κ3) is 4.87. The monoisotopic (exact) mass is 476 g/mol. The normalized spacial score (nSPS) is 22.5. The van der Waals surface area contributed by atoms with E-state index in [0.717, 1.165) is 19.3 Å². The Kier molecular flexibility index (Phi) is 6.92. The van der Waals surface area contributed by atoms with E-state index in [4.69, 9.17) is 0 Å². The first-order valence-electron chi connectivity index (χ1n) is 11.0. The Morgan fingerprint density at radius 2 is 2.00 bits per heavy atom. The fourth-order valence-corrected chi connectivity index (χ4v) is 6.68. The molecule has 0 spiro atoms. The minimum Gasteiger partial charge on any atom is -0.338 e. The zero-order valence-corrected chi connectivity index (χ0v) is 19.7. The number of hydrogen-bond acceptors (Lipinski definition) is 6. The zero-order chi connectivity index (χ0) is 22.7. The predicted octanol–water partition coefficient (Wildman–Crippen LogP) is 3.20. The van der Waals surface area contributed by atoms with Gasteiger partial charge in [0, 0.05) is 42.8 Å². The maximum atomic E-state index is 13.2. The molecule has 1 aromatic heterocycles. The second-order valence-electron chi connectivity index (χ2n) is 8.41. The third-order valence-electron chi connectivity index (χ3n) is 6.17. The quantitative estimate of drug-likeness (QED) is 0.714. The molecule has 10 heteroatoms. The molecule has 2 aliphatic heterocycles. The summed E-state index contributed by atoms with van der Waals surface area (Å²) in [4.78, 5) is 31.6. The van der Waals surface area contributed by atoms with Crippen molar-refractivity contribution >= 4 is 38.3 Å². The van der Waals surface area contributed by atoms with Gasteiger partial charge in [-0.2, -0.15) is 4.31 Å². The van der Waals surface area contributed by atoms with Gasteiger partial charge in [0.2, 0.25) is 15.9 Å². The summed E-state index contributed by atoms with van der Waals surface area (Å²) in [5.41, 5.74) is 0.330. The molecule has 3 heterocycles. The highest BCUT2D eigenvalue weighted by molar-refractivity contribution is 7.89. The number of nitrogens with zero attached hydrogens (tertiary/aromatic N) is 3. The predicted molar refractivity (Wildman–Crippen MR) is 123 cm³/mol. The molecule has 172 valence electrons. The van der Waals surface area contributed by atoms with Crippen LogP contribution in [0.2, 0.25) is 0 Å². The number of piperidine rings is 2. The van der Waals surface area contributed by atoms with Crippen LogP contribution in [0.25, 0.3) is 0 Å². The van der Waals surface area contributed by atoms with Gasteiger partial charge in [-0.15, -0.1) is 11.3 Å². The number of nitrogens with one attached hydrogen (secondary N) is 1. The number of hydrogen-bond donors (Lipinski definition) is 1. The van der Waals surface area contributed by atoms with Crippen molar-refractivity contribution in [1.82, 2.24) is 14.2 Å². The van der Waals surface area contributed by atoms with E-state index in [2.05, 4.69) is 10.3 Å². The summed E-state index contributed by atoms with van der Waals surface area (Å²) in [6.07, 6.45) is 5.75. The summed E-state index contributed by atoms with van der Waals surface area (Å²) < 4.78 is 27.9. The van der Waals surface area contributed by atoms with Gasteiger partial charge in [-0.25, -0.2) is 13.4 Å². The van der Waals surface area contributed by atoms with Gasteiger partial charge in [0.25, 0.3) is 5.91 Å². The maximum absolute atomic E-state index is 13.2. The summed E-state index contributed by atoms with van der Waals surface area (Å²) in [6, 6.07) is 6.23. The number of amides is 2. The lowest BCUT2D eigenvalue weighted by molar-refractivity contribution is -0.121. The maximum Gasteiger partial charge on any atom is 0.253 e. The molecule has 0 saturated carbocycles. The van der Waals surface area contributed by atoms with Crippen LogP contribution in [0.15, 0.2) is 40.7 Å². The number of thiazole rings is 1. The van der Waals surface area contributed by atoms with Crippen LogP contribution in [0.5, 0.6) is 0 Å². The van der Waals surface area contributed by atoms with E-state index >= 15 is 0 Å². The SMILES string of the molecule is CC1CCCCN1S(=O)(=O)c1cccc(C(=O)N2CCCC(C(=O)Nc3nccs3)C2)c1. The molecule has 2 saturated heterocycles. The van der Waals surface area contributed by atoms with E-state index in [-0.39, 0.29) is 28.7 Å². The molecule has 2 amide bonds. The molecule has 0 aliphatic carbocycles. The molecule has 1 aromatic carbocycles. The van der Waals surface area contributed by atoms with Crippen LogP contribution >= 0.6 is 11.3 Å². The van der Waals surface area contributed by atoms with Gasteiger partial charge in [-0.3, -0.25) is 9.59 Å². The molecule has 0 bridgehead atoms. The highest BCUT2D eigenvalue weighted by atomic mass is 32.2. The van der Waals surface area contributed by atoms with Crippen LogP contribution in [0.1, 0.15) is 49.4 Å². The average Bonchev–Trinajstić information content (AvgIpc) is 3.32. The van der Waals surface area contributed by atoms with Crippen LogP contribution in [0, 0.1) is 5.92 Å². The largest absolute Gasteiger partial charge is 0.338 e. The highest BCUT2D eigenvalue weighted by Crippen LogP contribution is 2.27. The molecule has 2 atom stereocenters. The lowest BCUT2D eigenvalue weighted by atomic mass is 9.96.